The minimum atomic E-state index is -1.48. The second-order valence-electron chi connectivity index (χ2n) is 9.36. The van der Waals surface area contributed by atoms with Crippen LogP contribution in [0.3, 0.4) is 0 Å². The topological polar surface area (TPSA) is 55.1 Å². The van der Waals surface area contributed by atoms with Crippen molar-refractivity contribution in [2.45, 2.75) is 45.5 Å². The summed E-state index contributed by atoms with van der Waals surface area (Å²) in [7, 11) is 3.25. The van der Waals surface area contributed by atoms with Gasteiger partial charge in [-0.25, -0.2) is 0 Å². The molecule has 0 saturated heterocycles. The van der Waals surface area contributed by atoms with E-state index < -0.39 is 5.60 Å². The lowest BCUT2D eigenvalue weighted by Crippen LogP contribution is -2.30. The van der Waals surface area contributed by atoms with Gasteiger partial charge in [0, 0.05) is 12.6 Å². The number of hydrogen-bond acceptors (Lipinski definition) is 5. The highest BCUT2D eigenvalue weighted by Gasteiger charge is 2.37. The molecule has 4 aromatic rings. The fourth-order valence-corrected chi connectivity index (χ4v) is 4.40. The summed E-state index contributed by atoms with van der Waals surface area (Å²) in [5, 5.41) is 12.2. The Hall–Kier alpha value is -3.54. The molecule has 0 radical (unpaired) electrons. The van der Waals surface area contributed by atoms with E-state index in [-0.39, 0.29) is 0 Å². The van der Waals surface area contributed by atoms with Crippen molar-refractivity contribution in [3.63, 3.8) is 0 Å². The Labute approximate surface area is 213 Å². The highest BCUT2D eigenvalue weighted by molar-refractivity contribution is 5.46. The monoisotopic (exact) mass is 485 g/mol. The number of aliphatic hydroxyl groups is 1. The fourth-order valence-electron chi connectivity index (χ4n) is 4.40. The van der Waals surface area contributed by atoms with Crippen LogP contribution in [-0.2, 0) is 18.7 Å². The minimum absolute atomic E-state index is 0.320. The van der Waals surface area contributed by atoms with Gasteiger partial charge < -0.3 is 19.0 Å². The van der Waals surface area contributed by atoms with E-state index in [0.29, 0.717) is 29.5 Å². The van der Waals surface area contributed by atoms with Crippen molar-refractivity contribution in [2.24, 2.45) is 0 Å². The summed E-state index contributed by atoms with van der Waals surface area (Å²) in [5.41, 5.74) is 2.47. The average molecular weight is 486 g/mol. The molecule has 0 amide bonds. The highest BCUT2D eigenvalue weighted by Crippen LogP contribution is 2.39. The van der Waals surface area contributed by atoms with Crippen molar-refractivity contribution in [1.29, 1.82) is 0 Å². The molecule has 5 nitrogen and oxygen atoms in total. The molecule has 4 rings (SSSR count). The molecule has 0 aliphatic rings. The van der Waals surface area contributed by atoms with Crippen molar-refractivity contribution >= 4 is 0 Å². The first kappa shape index (κ1) is 25.5. The van der Waals surface area contributed by atoms with Crippen molar-refractivity contribution in [3.8, 4) is 11.5 Å². The van der Waals surface area contributed by atoms with Crippen LogP contribution in [0.1, 0.15) is 47.6 Å². The summed E-state index contributed by atoms with van der Waals surface area (Å²) >= 11 is 0. The fraction of sp³-hybridized carbons (Fsp3) is 0.290. The quantitative estimate of drug-likeness (QED) is 0.286. The molecule has 0 atom stereocenters. The predicted octanol–water partition coefficient (Wildman–Crippen LogP) is 6.30. The standard InChI is InChI=1S/C31H35NO4/c1-22(2)32(20-24-9-7-6-8-23(24)3)21-29-18-19-30(36-29)31(33,25-10-14-27(34-4)15-11-25)26-12-16-28(35-5)17-13-26/h6-19,22,33H,20-21H2,1-5H3. The number of methoxy groups -OCH3 is 2. The summed E-state index contributed by atoms with van der Waals surface area (Å²) in [6, 6.07) is 27.4. The molecular formula is C31H35NO4. The van der Waals surface area contributed by atoms with E-state index >= 15 is 0 Å². The first-order chi connectivity index (χ1) is 17.3. The maximum atomic E-state index is 12.2. The Morgan fingerprint density at radius 1 is 0.778 bits per heavy atom. The third-order valence-electron chi connectivity index (χ3n) is 6.76. The highest BCUT2D eigenvalue weighted by atomic mass is 16.5. The third kappa shape index (κ3) is 5.32. The SMILES string of the molecule is COc1ccc(C(O)(c2ccc(OC)cc2)c2ccc(CN(Cc3ccccc3C)C(C)C)o2)cc1. The lowest BCUT2D eigenvalue weighted by Gasteiger charge is -2.28. The van der Waals surface area contributed by atoms with Gasteiger partial charge in [0.2, 0.25) is 0 Å². The smallest absolute Gasteiger partial charge is 0.173 e. The van der Waals surface area contributed by atoms with Gasteiger partial charge in [-0.3, -0.25) is 4.90 Å². The molecule has 1 N–H and O–H groups in total. The van der Waals surface area contributed by atoms with Gasteiger partial charge in [0.05, 0.1) is 20.8 Å². The normalized spacial score (nSPS) is 11.8. The van der Waals surface area contributed by atoms with Crippen molar-refractivity contribution in [2.75, 3.05) is 14.2 Å². The maximum Gasteiger partial charge on any atom is 0.173 e. The third-order valence-corrected chi connectivity index (χ3v) is 6.76. The van der Waals surface area contributed by atoms with Gasteiger partial charge in [-0.1, -0.05) is 48.5 Å². The molecule has 0 bridgehead atoms. The van der Waals surface area contributed by atoms with Crippen molar-refractivity contribution < 1.29 is 19.0 Å². The minimum Gasteiger partial charge on any atom is -0.497 e. The Balaban J connectivity index is 1.68. The van der Waals surface area contributed by atoms with Gasteiger partial charge in [0.1, 0.15) is 23.0 Å². The van der Waals surface area contributed by atoms with E-state index in [1.165, 1.54) is 11.1 Å². The largest absolute Gasteiger partial charge is 0.497 e. The van der Waals surface area contributed by atoms with Gasteiger partial charge in [0.15, 0.2) is 5.60 Å². The van der Waals surface area contributed by atoms with Gasteiger partial charge in [-0.15, -0.1) is 0 Å². The molecule has 3 aromatic carbocycles. The van der Waals surface area contributed by atoms with Crippen LogP contribution < -0.4 is 9.47 Å². The Morgan fingerprint density at radius 3 is 1.83 bits per heavy atom. The Bertz CT molecular complexity index is 1210. The molecule has 1 aromatic heterocycles. The number of furan rings is 1. The second kappa shape index (κ2) is 11.0. The Kier molecular flexibility index (Phi) is 7.82. The molecule has 0 spiro atoms. The zero-order valence-electron chi connectivity index (χ0n) is 21.7. The average Bonchev–Trinajstić information content (AvgIpc) is 3.38. The zero-order chi connectivity index (χ0) is 25.7. The second-order valence-corrected chi connectivity index (χ2v) is 9.36. The molecule has 0 aliphatic heterocycles. The van der Waals surface area contributed by atoms with E-state index in [2.05, 4.69) is 49.9 Å². The van der Waals surface area contributed by atoms with Gasteiger partial charge in [0.25, 0.3) is 0 Å². The molecule has 0 fully saturated rings. The first-order valence-corrected chi connectivity index (χ1v) is 12.2. The molecule has 5 heteroatoms. The van der Waals surface area contributed by atoms with Crippen LogP contribution in [0.2, 0.25) is 0 Å². The predicted molar refractivity (Wildman–Crippen MR) is 142 cm³/mol. The lowest BCUT2D eigenvalue weighted by molar-refractivity contribution is 0.0939. The zero-order valence-corrected chi connectivity index (χ0v) is 21.7. The molecule has 36 heavy (non-hydrogen) atoms. The first-order valence-electron chi connectivity index (χ1n) is 12.2. The van der Waals surface area contributed by atoms with E-state index in [0.717, 1.165) is 23.8 Å². The number of benzene rings is 3. The van der Waals surface area contributed by atoms with Crippen LogP contribution in [0.15, 0.2) is 89.3 Å². The summed E-state index contributed by atoms with van der Waals surface area (Å²) in [4.78, 5) is 2.37. The summed E-state index contributed by atoms with van der Waals surface area (Å²) in [6.45, 7) is 7.97. The maximum absolute atomic E-state index is 12.2. The summed E-state index contributed by atoms with van der Waals surface area (Å²) in [6.07, 6.45) is 0. The van der Waals surface area contributed by atoms with E-state index in [1.54, 1.807) is 14.2 Å². The van der Waals surface area contributed by atoms with Crippen LogP contribution >= 0.6 is 0 Å². The van der Waals surface area contributed by atoms with Crippen LogP contribution in [0.4, 0.5) is 0 Å². The summed E-state index contributed by atoms with van der Waals surface area (Å²) < 4.78 is 17.0. The van der Waals surface area contributed by atoms with Crippen molar-refractivity contribution in [3.05, 3.63) is 119 Å². The number of ether oxygens (including phenoxy) is 2. The summed E-state index contributed by atoms with van der Waals surface area (Å²) in [5.74, 6) is 2.71. The van der Waals surface area contributed by atoms with Crippen LogP contribution in [0, 0.1) is 6.92 Å². The molecule has 0 unspecified atom stereocenters. The number of aryl methyl sites for hydroxylation is 1. The lowest BCUT2D eigenvalue weighted by atomic mass is 9.84. The van der Waals surface area contributed by atoms with E-state index in [4.69, 9.17) is 13.9 Å². The molecule has 188 valence electrons. The number of rotatable bonds is 10. The van der Waals surface area contributed by atoms with Gasteiger partial charge in [-0.2, -0.15) is 0 Å². The number of nitrogens with zero attached hydrogens (tertiary/aromatic N) is 1. The van der Waals surface area contributed by atoms with Crippen molar-refractivity contribution in [1.82, 2.24) is 4.90 Å². The molecule has 0 saturated carbocycles. The van der Waals surface area contributed by atoms with E-state index in [9.17, 15) is 5.11 Å². The molecule has 0 aliphatic carbocycles. The number of hydrogen-bond donors (Lipinski definition) is 1. The molecular weight excluding hydrogens is 450 g/mol. The Morgan fingerprint density at radius 2 is 1.33 bits per heavy atom. The van der Waals surface area contributed by atoms with Crippen LogP contribution in [0.25, 0.3) is 0 Å². The van der Waals surface area contributed by atoms with E-state index in [1.807, 2.05) is 60.7 Å². The molecule has 1 heterocycles. The van der Waals surface area contributed by atoms with Crippen LogP contribution in [-0.4, -0.2) is 30.3 Å². The van der Waals surface area contributed by atoms with Gasteiger partial charge >= 0.3 is 0 Å². The van der Waals surface area contributed by atoms with Crippen LogP contribution in [0.5, 0.6) is 11.5 Å². The van der Waals surface area contributed by atoms with Gasteiger partial charge in [-0.05, 0) is 79.4 Å².